The van der Waals surface area contributed by atoms with Crippen LogP contribution < -0.4 is 4.72 Å². The van der Waals surface area contributed by atoms with Crippen molar-refractivity contribution in [3.8, 4) is 0 Å². The molecule has 0 saturated heterocycles. The van der Waals surface area contributed by atoms with Gasteiger partial charge in [-0.05, 0) is 31.2 Å². The highest BCUT2D eigenvalue weighted by molar-refractivity contribution is 7.89. The van der Waals surface area contributed by atoms with E-state index >= 15 is 0 Å². The number of hydrogen-bond donors (Lipinski definition) is 2. The van der Waals surface area contributed by atoms with Crippen LogP contribution in [0.4, 0.5) is 0 Å². The molecule has 1 aromatic carbocycles. The highest BCUT2D eigenvalue weighted by atomic mass is 32.2. The molecule has 0 aliphatic rings. The van der Waals surface area contributed by atoms with Crippen LogP contribution in [0, 0.1) is 0 Å². The number of hydrogen-bond acceptors (Lipinski definition) is 4. The van der Waals surface area contributed by atoms with E-state index in [1.165, 1.54) is 25.3 Å². The number of aliphatic hydroxyl groups is 1. The standard InChI is InChI=1S/C13H15NO4S/c1-13(15,12-8-5-9-18-12)10-14-19(16,17)11-6-3-2-4-7-11/h2-9,14-15H,10H2,1H3. The van der Waals surface area contributed by atoms with Crippen molar-refractivity contribution < 1.29 is 17.9 Å². The predicted octanol–water partition coefficient (Wildman–Crippen LogP) is 1.47. The summed E-state index contributed by atoms with van der Waals surface area (Å²) in [5.74, 6) is 0.309. The van der Waals surface area contributed by atoms with Gasteiger partial charge in [0.05, 0.1) is 11.2 Å². The van der Waals surface area contributed by atoms with Crippen molar-refractivity contribution in [1.82, 2.24) is 4.72 Å². The van der Waals surface area contributed by atoms with Gasteiger partial charge < -0.3 is 9.52 Å². The zero-order chi connectivity index (χ0) is 13.9. The molecule has 19 heavy (non-hydrogen) atoms. The third-order valence-electron chi connectivity index (χ3n) is 2.71. The van der Waals surface area contributed by atoms with E-state index in [-0.39, 0.29) is 11.4 Å². The third kappa shape index (κ3) is 3.23. The Morgan fingerprint density at radius 2 is 1.89 bits per heavy atom. The molecule has 0 saturated carbocycles. The Hall–Kier alpha value is -1.63. The Morgan fingerprint density at radius 3 is 2.47 bits per heavy atom. The van der Waals surface area contributed by atoms with Crippen LogP contribution in [0.2, 0.25) is 0 Å². The van der Waals surface area contributed by atoms with Gasteiger partial charge in [-0.1, -0.05) is 18.2 Å². The number of benzene rings is 1. The normalized spacial score (nSPS) is 15.1. The molecule has 102 valence electrons. The molecule has 1 aromatic heterocycles. The van der Waals surface area contributed by atoms with Gasteiger partial charge in [0, 0.05) is 6.54 Å². The lowest BCUT2D eigenvalue weighted by atomic mass is 10.1. The van der Waals surface area contributed by atoms with Crippen LogP contribution in [0.5, 0.6) is 0 Å². The maximum Gasteiger partial charge on any atom is 0.240 e. The summed E-state index contributed by atoms with van der Waals surface area (Å²) in [5, 5.41) is 10.2. The van der Waals surface area contributed by atoms with Crippen molar-refractivity contribution in [2.45, 2.75) is 17.4 Å². The molecule has 0 aliphatic heterocycles. The molecule has 0 fully saturated rings. The van der Waals surface area contributed by atoms with Gasteiger partial charge in [0.25, 0.3) is 0 Å². The molecule has 2 N–H and O–H groups in total. The average molecular weight is 281 g/mol. The first-order chi connectivity index (χ1) is 8.92. The summed E-state index contributed by atoms with van der Waals surface area (Å²) in [6, 6.07) is 11.2. The average Bonchev–Trinajstić information content (AvgIpc) is 2.93. The lowest BCUT2D eigenvalue weighted by molar-refractivity contribution is 0.0395. The van der Waals surface area contributed by atoms with E-state index in [1.54, 1.807) is 30.3 Å². The summed E-state index contributed by atoms with van der Waals surface area (Å²) in [6.07, 6.45) is 1.43. The molecule has 0 spiro atoms. The summed E-state index contributed by atoms with van der Waals surface area (Å²) in [7, 11) is -3.64. The number of sulfonamides is 1. The van der Waals surface area contributed by atoms with Crippen LogP contribution in [-0.2, 0) is 15.6 Å². The Labute approximate surface area is 111 Å². The van der Waals surface area contributed by atoms with Crippen LogP contribution in [0.15, 0.2) is 58.0 Å². The van der Waals surface area contributed by atoms with Gasteiger partial charge in [-0.2, -0.15) is 0 Å². The van der Waals surface area contributed by atoms with Crippen LogP contribution in [0.25, 0.3) is 0 Å². The van der Waals surface area contributed by atoms with Crippen molar-refractivity contribution in [1.29, 1.82) is 0 Å². The summed E-state index contributed by atoms with van der Waals surface area (Å²) >= 11 is 0. The fourth-order valence-electron chi connectivity index (χ4n) is 1.59. The van der Waals surface area contributed by atoms with Crippen LogP contribution in [0.3, 0.4) is 0 Å². The van der Waals surface area contributed by atoms with Gasteiger partial charge in [0.1, 0.15) is 11.4 Å². The molecule has 1 heterocycles. The van der Waals surface area contributed by atoms with Crippen molar-refractivity contribution >= 4 is 10.0 Å². The molecule has 2 rings (SSSR count). The van der Waals surface area contributed by atoms with E-state index in [2.05, 4.69) is 4.72 Å². The molecular weight excluding hydrogens is 266 g/mol. The maximum absolute atomic E-state index is 12.0. The van der Waals surface area contributed by atoms with Crippen molar-refractivity contribution in [2.75, 3.05) is 6.54 Å². The Kier molecular flexibility index (Phi) is 3.75. The van der Waals surface area contributed by atoms with E-state index in [9.17, 15) is 13.5 Å². The highest BCUT2D eigenvalue weighted by Gasteiger charge is 2.28. The summed E-state index contributed by atoms with van der Waals surface area (Å²) in [4.78, 5) is 0.158. The van der Waals surface area contributed by atoms with Gasteiger partial charge >= 0.3 is 0 Å². The molecule has 0 bridgehead atoms. The Balaban J connectivity index is 2.11. The lowest BCUT2D eigenvalue weighted by Gasteiger charge is -2.21. The number of rotatable bonds is 5. The molecule has 1 atom stereocenters. The fraction of sp³-hybridized carbons (Fsp3) is 0.231. The third-order valence-corrected chi connectivity index (χ3v) is 4.13. The SMILES string of the molecule is CC(O)(CNS(=O)(=O)c1ccccc1)c1ccco1. The monoisotopic (exact) mass is 281 g/mol. The van der Waals surface area contributed by atoms with E-state index in [1.807, 2.05) is 0 Å². The molecular formula is C13H15NO4S. The highest BCUT2D eigenvalue weighted by Crippen LogP contribution is 2.20. The minimum Gasteiger partial charge on any atom is -0.466 e. The second-order valence-electron chi connectivity index (χ2n) is 4.39. The quantitative estimate of drug-likeness (QED) is 0.869. The number of furan rings is 1. The fourth-order valence-corrected chi connectivity index (χ4v) is 2.74. The zero-order valence-electron chi connectivity index (χ0n) is 10.4. The lowest BCUT2D eigenvalue weighted by Crippen LogP contribution is -2.38. The molecule has 1 unspecified atom stereocenters. The second kappa shape index (κ2) is 5.16. The summed E-state index contributed by atoms with van der Waals surface area (Å²) in [6.45, 7) is 1.32. The van der Waals surface area contributed by atoms with Gasteiger partial charge in [0.2, 0.25) is 10.0 Å². The van der Waals surface area contributed by atoms with E-state index in [0.717, 1.165) is 0 Å². The zero-order valence-corrected chi connectivity index (χ0v) is 11.2. The van der Waals surface area contributed by atoms with Gasteiger partial charge in [-0.25, -0.2) is 13.1 Å². The molecule has 0 aliphatic carbocycles. The first kappa shape index (κ1) is 13.8. The largest absolute Gasteiger partial charge is 0.466 e. The molecule has 0 radical (unpaired) electrons. The summed E-state index contributed by atoms with van der Waals surface area (Å²) < 4.78 is 31.4. The van der Waals surface area contributed by atoms with Crippen molar-refractivity contribution in [3.63, 3.8) is 0 Å². The topological polar surface area (TPSA) is 79.5 Å². The first-order valence-electron chi connectivity index (χ1n) is 5.73. The predicted molar refractivity (Wildman–Crippen MR) is 69.9 cm³/mol. The smallest absolute Gasteiger partial charge is 0.240 e. The van der Waals surface area contributed by atoms with Gasteiger partial charge in [-0.3, -0.25) is 0 Å². The molecule has 0 amide bonds. The minimum atomic E-state index is -3.64. The van der Waals surface area contributed by atoms with Crippen LogP contribution in [-0.4, -0.2) is 20.1 Å². The van der Waals surface area contributed by atoms with Gasteiger partial charge in [-0.15, -0.1) is 0 Å². The summed E-state index contributed by atoms with van der Waals surface area (Å²) in [5.41, 5.74) is -1.40. The van der Waals surface area contributed by atoms with Crippen LogP contribution in [0.1, 0.15) is 12.7 Å². The van der Waals surface area contributed by atoms with Gasteiger partial charge in [0.15, 0.2) is 0 Å². The maximum atomic E-state index is 12.0. The van der Waals surface area contributed by atoms with E-state index in [0.29, 0.717) is 5.76 Å². The molecule has 2 aromatic rings. The minimum absolute atomic E-state index is 0.158. The van der Waals surface area contributed by atoms with E-state index < -0.39 is 15.6 Å². The molecule has 5 nitrogen and oxygen atoms in total. The first-order valence-corrected chi connectivity index (χ1v) is 7.21. The van der Waals surface area contributed by atoms with Crippen molar-refractivity contribution in [2.24, 2.45) is 0 Å². The molecule has 6 heteroatoms. The number of nitrogens with one attached hydrogen (secondary N) is 1. The second-order valence-corrected chi connectivity index (χ2v) is 6.16. The Bertz CT molecular complexity index is 618. The van der Waals surface area contributed by atoms with Crippen LogP contribution >= 0.6 is 0 Å². The van der Waals surface area contributed by atoms with E-state index in [4.69, 9.17) is 4.42 Å². The Morgan fingerprint density at radius 1 is 1.21 bits per heavy atom. The van der Waals surface area contributed by atoms with Crippen molar-refractivity contribution in [3.05, 3.63) is 54.5 Å².